The Morgan fingerprint density at radius 3 is 3.00 bits per heavy atom. The van der Waals surface area contributed by atoms with Crippen LogP contribution in [0.4, 0.5) is 0 Å². The first-order valence-electron chi connectivity index (χ1n) is 1.92. The van der Waals surface area contributed by atoms with Gasteiger partial charge in [0.05, 0.1) is 6.54 Å². The molecular formula is C3H5NO3. The summed E-state index contributed by atoms with van der Waals surface area (Å²) >= 11 is 0. The molecule has 7 heavy (non-hydrogen) atoms. The van der Waals surface area contributed by atoms with Crippen molar-refractivity contribution >= 4 is 6.08 Å². The highest BCUT2D eigenvalue weighted by Gasteiger charge is 2.05. The van der Waals surface area contributed by atoms with Crippen LogP contribution >= 0.6 is 0 Å². The fraction of sp³-hybridized carbons (Fsp3) is 0.667. The first kappa shape index (κ1) is 4.39. The van der Waals surface area contributed by atoms with Gasteiger partial charge in [0.15, 0.2) is 0 Å². The summed E-state index contributed by atoms with van der Waals surface area (Å²) in [6, 6.07) is 0. The number of hydrogen-bond donors (Lipinski definition) is 1. The van der Waals surface area contributed by atoms with E-state index in [1.54, 1.807) is 0 Å². The van der Waals surface area contributed by atoms with Gasteiger partial charge in [0, 0.05) is 0 Å². The second-order valence-electron chi connectivity index (χ2n) is 1.09. The topological polar surface area (TPSA) is 51.0 Å². The van der Waals surface area contributed by atoms with Crippen molar-refractivity contribution in [3.8, 4) is 0 Å². The van der Waals surface area contributed by atoms with E-state index in [0.717, 1.165) is 0 Å². The minimum Gasteiger partial charge on any atom is -0.447 e. The van der Waals surface area contributed by atoms with Crippen molar-refractivity contribution in [1.82, 2.24) is 0 Å². The van der Waals surface area contributed by atoms with Crippen LogP contribution in [-0.4, -0.2) is 24.5 Å². The maximum atomic E-state index is 7.81. The molecule has 0 saturated heterocycles. The maximum Gasteiger partial charge on any atom is 0.416 e. The quantitative estimate of drug-likeness (QED) is 0.343. The molecule has 4 nitrogen and oxygen atoms in total. The fourth-order valence-electron chi connectivity index (χ4n) is 0.371. The normalized spacial score (nSPS) is 18.1. The monoisotopic (exact) mass is 103 g/mol. The lowest BCUT2D eigenvalue weighted by molar-refractivity contribution is -0.174. The predicted molar refractivity (Wildman–Crippen MR) is 22.0 cm³/mol. The summed E-state index contributed by atoms with van der Waals surface area (Å²) in [7, 11) is 0. The fourth-order valence-corrected chi connectivity index (χ4v) is 0.371. The molecule has 1 N–H and O–H groups in total. The van der Waals surface area contributed by atoms with Crippen LogP contribution in [0.15, 0.2) is 4.99 Å². The van der Waals surface area contributed by atoms with Crippen LogP contribution in [-0.2, 0) is 9.62 Å². The second-order valence-corrected chi connectivity index (χ2v) is 1.09. The Morgan fingerprint density at radius 2 is 2.71 bits per heavy atom. The third kappa shape index (κ3) is 0.806. The summed E-state index contributed by atoms with van der Waals surface area (Å²) in [6.45, 7) is 1.09. The number of hydrogen-bond acceptors (Lipinski definition) is 4. The van der Waals surface area contributed by atoms with Gasteiger partial charge in [-0.1, -0.05) is 0 Å². The smallest absolute Gasteiger partial charge is 0.416 e. The van der Waals surface area contributed by atoms with E-state index in [9.17, 15) is 0 Å². The average molecular weight is 103 g/mol. The number of rotatable bonds is 0. The Kier molecular flexibility index (Phi) is 1.12. The molecule has 4 heteroatoms. The van der Waals surface area contributed by atoms with Gasteiger partial charge in [0.25, 0.3) is 0 Å². The highest BCUT2D eigenvalue weighted by molar-refractivity contribution is 5.67. The van der Waals surface area contributed by atoms with E-state index >= 15 is 0 Å². The van der Waals surface area contributed by atoms with Crippen LogP contribution in [0, 0.1) is 0 Å². The predicted octanol–water partition coefficient (Wildman–Crippen LogP) is -0.138. The molecule has 0 aromatic heterocycles. The minimum atomic E-state index is -0.0278. The van der Waals surface area contributed by atoms with Gasteiger partial charge >= 0.3 is 6.08 Å². The van der Waals surface area contributed by atoms with E-state index in [1.165, 1.54) is 0 Å². The van der Waals surface area contributed by atoms with E-state index < -0.39 is 0 Å². The van der Waals surface area contributed by atoms with Gasteiger partial charge in [0.1, 0.15) is 6.61 Å². The highest BCUT2D eigenvalue weighted by Crippen LogP contribution is 1.91. The molecule has 1 rings (SSSR count). The van der Waals surface area contributed by atoms with Crippen molar-refractivity contribution in [2.45, 2.75) is 0 Å². The molecule has 0 amide bonds. The van der Waals surface area contributed by atoms with Gasteiger partial charge in [-0.15, -0.1) is 0 Å². The SMILES string of the molecule is OOC1=NCCO1. The van der Waals surface area contributed by atoms with Crippen molar-refractivity contribution in [2.24, 2.45) is 4.99 Å². The maximum absolute atomic E-state index is 7.81. The lowest BCUT2D eigenvalue weighted by Crippen LogP contribution is -1.99. The molecule has 1 heterocycles. The van der Waals surface area contributed by atoms with Gasteiger partial charge in [-0.3, -0.25) is 4.89 Å². The zero-order valence-corrected chi connectivity index (χ0v) is 3.63. The largest absolute Gasteiger partial charge is 0.447 e. The highest BCUT2D eigenvalue weighted by atomic mass is 17.1. The molecule has 0 saturated carbocycles. The third-order valence-corrected chi connectivity index (χ3v) is 0.636. The molecule has 0 fully saturated rings. The molecule has 0 unspecified atom stereocenters. The molecule has 0 aromatic carbocycles. The van der Waals surface area contributed by atoms with Crippen LogP contribution < -0.4 is 0 Å². The number of ether oxygens (including phenoxy) is 1. The van der Waals surface area contributed by atoms with Crippen molar-refractivity contribution in [2.75, 3.05) is 13.2 Å². The second kappa shape index (κ2) is 1.79. The van der Waals surface area contributed by atoms with E-state index in [0.29, 0.717) is 13.2 Å². The van der Waals surface area contributed by atoms with Gasteiger partial charge in [0.2, 0.25) is 0 Å². The third-order valence-electron chi connectivity index (χ3n) is 0.636. The Bertz CT molecular complexity index is 90.2. The lowest BCUT2D eigenvalue weighted by atomic mass is 10.8. The molecule has 0 aromatic rings. The lowest BCUT2D eigenvalue weighted by Gasteiger charge is -1.90. The molecule has 0 spiro atoms. The summed E-state index contributed by atoms with van der Waals surface area (Å²) in [4.78, 5) is 7.22. The summed E-state index contributed by atoms with van der Waals surface area (Å²) in [6.07, 6.45) is -0.0278. The van der Waals surface area contributed by atoms with E-state index in [1.807, 2.05) is 0 Å². The van der Waals surface area contributed by atoms with Crippen molar-refractivity contribution in [3.05, 3.63) is 0 Å². The standard InChI is InChI=1S/C3H5NO3/c5-7-3-4-1-2-6-3/h5H,1-2H2. The molecule has 0 bridgehead atoms. The zero-order chi connectivity index (χ0) is 5.11. The van der Waals surface area contributed by atoms with Gasteiger partial charge < -0.3 is 4.74 Å². The molecular weight excluding hydrogens is 98.0 g/mol. The van der Waals surface area contributed by atoms with Crippen LogP contribution in [0.25, 0.3) is 0 Å². The zero-order valence-electron chi connectivity index (χ0n) is 3.63. The molecule has 0 aliphatic carbocycles. The van der Waals surface area contributed by atoms with E-state index in [-0.39, 0.29) is 6.08 Å². The number of aliphatic imine (C=N–C) groups is 1. The summed E-state index contributed by atoms with van der Waals surface area (Å²) in [5, 5.41) is 7.81. The van der Waals surface area contributed by atoms with Crippen molar-refractivity contribution < 1.29 is 14.9 Å². The molecule has 40 valence electrons. The van der Waals surface area contributed by atoms with Crippen LogP contribution in [0.1, 0.15) is 0 Å². The first-order valence-corrected chi connectivity index (χ1v) is 1.92. The summed E-state index contributed by atoms with van der Waals surface area (Å²) < 4.78 is 4.58. The van der Waals surface area contributed by atoms with Gasteiger partial charge in [-0.05, 0) is 0 Å². The molecule has 1 aliphatic heterocycles. The summed E-state index contributed by atoms with van der Waals surface area (Å²) in [5.74, 6) is 0. The van der Waals surface area contributed by atoms with Crippen LogP contribution in [0.5, 0.6) is 0 Å². The average Bonchev–Trinajstić information content (AvgIpc) is 2.14. The molecule has 0 atom stereocenters. The minimum absolute atomic E-state index is 0.0278. The molecule has 1 aliphatic rings. The van der Waals surface area contributed by atoms with Crippen molar-refractivity contribution in [1.29, 1.82) is 0 Å². The van der Waals surface area contributed by atoms with Gasteiger partial charge in [-0.25, -0.2) is 4.99 Å². The van der Waals surface area contributed by atoms with Crippen LogP contribution in [0.3, 0.4) is 0 Å². The molecule has 0 radical (unpaired) electrons. The van der Waals surface area contributed by atoms with Crippen molar-refractivity contribution in [3.63, 3.8) is 0 Å². The Labute approximate surface area is 40.3 Å². The Hall–Kier alpha value is -0.770. The van der Waals surface area contributed by atoms with E-state index in [4.69, 9.17) is 5.26 Å². The summed E-state index contributed by atoms with van der Waals surface area (Å²) in [5.41, 5.74) is 0. The Morgan fingerprint density at radius 1 is 1.86 bits per heavy atom. The first-order chi connectivity index (χ1) is 3.43. The number of nitrogens with zero attached hydrogens (tertiary/aromatic N) is 1. The van der Waals surface area contributed by atoms with E-state index in [2.05, 4.69) is 14.6 Å². The Balaban J connectivity index is 2.36. The van der Waals surface area contributed by atoms with Gasteiger partial charge in [-0.2, -0.15) is 5.26 Å². The van der Waals surface area contributed by atoms with Crippen LogP contribution in [0.2, 0.25) is 0 Å².